The van der Waals surface area contributed by atoms with Crippen molar-refractivity contribution in [3.8, 4) is 5.75 Å². The number of rotatable bonds is 11. The molecule has 1 aromatic carbocycles. The lowest BCUT2D eigenvalue weighted by molar-refractivity contribution is -0.155. The quantitative estimate of drug-likeness (QED) is 0.0566. The molecular weight excluding hydrogens is 893 g/mol. The highest BCUT2D eigenvalue weighted by molar-refractivity contribution is 7.85. The van der Waals surface area contributed by atoms with Crippen molar-refractivity contribution in [2.24, 2.45) is 23.3 Å². The second-order valence-electron chi connectivity index (χ2n) is 16.6. The number of nitrogen functional groups attached to an aromatic ring is 1. The fraction of sp³-hybridized carbons (Fsp3) is 0.575. The monoisotopic (exact) mass is 950 g/mol. The van der Waals surface area contributed by atoms with Crippen molar-refractivity contribution < 1.29 is 72.3 Å². The van der Waals surface area contributed by atoms with Gasteiger partial charge in [0.1, 0.15) is 47.3 Å². The van der Waals surface area contributed by atoms with E-state index in [-0.39, 0.29) is 43.0 Å². The van der Waals surface area contributed by atoms with Crippen LogP contribution in [0.25, 0.3) is 0 Å². The van der Waals surface area contributed by atoms with Gasteiger partial charge in [-0.1, -0.05) is 39.2 Å². The van der Waals surface area contributed by atoms with E-state index in [0.29, 0.717) is 24.8 Å². The zero-order chi connectivity index (χ0) is 49.5. The van der Waals surface area contributed by atoms with Crippen molar-refractivity contribution in [3.63, 3.8) is 0 Å². The minimum absolute atomic E-state index is 0.0289. The molecule has 1 spiro atoms. The van der Waals surface area contributed by atoms with E-state index >= 15 is 0 Å². The van der Waals surface area contributed by atoms with Gasteiger partial charge in [0, 0.05) is 36.6 Å². The molecule has 1 saturated carbocycles. The molecule has 0 radical (unpaired) electrons. The van der Waals surface area contributed by atoms with Gasteiger partial charge in [-0.15, -0.1) is 0 Å². The van der Waals surface area contributed by atoms with Gasteiger partial charge in [0.25, 0.3) is 0 Å². The molecule has 66 heavy (non-hydrogen) atoms. The molecule has 25 nitrogen and oxygen atoms in total. The molecule has 1 aliphatic heterocycles. The Morgan fingerprint density at radius 3 is 1.94 bits per heavy atom. The first-order chi connectivity index (χ1) is 30.9. The number of hydrogen-bond donors (Lipinski definition) is 13. The van der Waals surface area contributed by atoms with E-state index in [9.17, 15) is 72.3 Å². The second-order valence-corrected chi connectivity index (χ2v) is 18.1. The van der Waals surface area contributed by atoms with Crippen LogP contribution in [0.3, 0.4) is 0 Å². The number of aromatic hydroxyl groups is 1. The maximum atomic E-state index is 14.5. The number of amides is 9. The molecule has 1 aliphatic carbocycles. The molecule has 6 atom stereocenters. The third-order valence-corrected chi connectivity index (χ3v) is 12.0. The summed E-state index contributed by atoms with van der Waals surface area (Å²) in [6.07, 6.45) is -1.26. The number of carbonyl (C=O) groups excluding carboxylic acids is 9. The maximum absolute atomic E-state index is 14.5. The summed E-state index contributed by atoms with van der Waals surface area (Å²) in [5.74, 6) is -17.8. The van der Waals surface area contributed by atoms with Crippen molar-refractivity contribution in [1.29, 1.82) is 0 Å². The molecule has 0 aromatic heterocycles. The first-order valence-corrected chi connectivity index (χ1v) is 22.5. The highest BCUT2D eigenvalue weighted by atomic mass is 32.2. The summed E-state index contributed by atoms with van der Waals surface area (Å²) >= 11 is 0. The van der Waals surface area contributed by atoms with Crippen molar-refractivity contribution in [2.75, 3.05) is 23.8 Å². The number of carboxylic acid groups (broad SMARTS) is 2. The van der Waals surface area contributed by atoms with E-state index in [2.05, 4.69) is 37.2 Å². The van der Waals surface area contributed by atoms with E-state index < -0.39 is 155 Å². The van der Waals surface area contributed by atoms with Crippen LogP contribution in [0.4, 0.5) is 5.69 Å². The first-order valence-electron chi connectivity index (χ1n) is 21.0. The van der Waals surface area contributed by atoms with Gasteiger partial charge in [0.15, 0.2) is 5.92 Å². The summed E-state index contributed by atoms with van der Waals surface area (Å²) in [7, 11) is -2.33. The minimum Gasteiger partial charge on any atom is -0.506 e. The van der Waals surface area contributed by atoms with Gasteiger partial charge in [-0.3, -0.25) is 56.9 Å². The molecular formula is C40H58N10O15S. The molecule has 26 heteroatoms. The number of carbonyl (C=O) groups is 11. The van der Waals surface area contributed by atoms with Crippen LogP contribution in [0.1, 0.15) is 77.2 Å². The summed E-state index contributed by atoms with van der Waals surface area (Å²) in [4.78, 5) is 144. The van der Waals surface area contributed by atoms with Gasteiger partial charge in [0.05, 0.1) is 17.9 Å². The fourth-order valence-electron chi connectivity index (χ4n) is 7.30. The largest absolute Gasteiger partial charge is 0.506 e. The molecule has 9 amide bonds. The van der Waals surface area contributed by atoms with Gasteiger partial charge in [-0.05, 0) is 42.9 Å². The van der Waals surface area contributed by atoms with Crippen LogP contribution < -0.4 is 54.4 Å². The summed E-state index contributed by atoms with van der Waals surface area (Å²) in [5.41, 5.74) is 15.2. The number of hydrogen-bond acceptors (Lipinski definition) is 14. The average Bonchev–Trinajstić information content (AvgIpc) is 3.21. The Labute approximate surface area is 380 Å². The Balaban J connectivity index is 2.16. The molecule has 3 rings (SSSR count). The Hall–Kier alpha value is -6.86. The predicted octanol–water partition coefficient (Wildman–Crippen LogP) is -4.39. The summed E-state index contributed by atoms with van der Waals surface area (Å²) in [5, 5.41) is 46.3. The number of aliphatic carboxylic acids is 2. The molecule has 16 N–H and O–H groups in total. The lowest BCUT2D eigenvalue weighted by Crippen LogP contribution is -2.66. The van der Waals surface area contributed by atoms with Crippen LogP contribution in [0, 0.1) is 11.8 Å². The molecule has 1 aromatic rings. The molecule has 0 bridgehead atoms. The number of phenols is 1. The number of carboxylic acids is 2. The number of nitrogens with two attached hydrogens (primary N) is 3. The normalized spacial score (nSPS) is 24.5. The van der Waals surface area contributed by atoms with E-state index in [1.54, 1.807) is 13.8 Å². The molecule has 1 saturated heterocycles. The van der Waals surface area contributed by atoms with E-state index in [1.165, 1.54) is 18.2 Å². The molecule has 2 fully saturated rings. The van der Waals surface area contributed by atoms with E-state index in [0.717, 1.165) is 0 Å². The van der Waals surface area contributed by atoms with E-state index in [4.69, 9.17) is 17.2 Å². The molecule has 1 heterocycles. The first kappa shape index (κ1) is 53.5. The van der Waals surface area contributed by atoms with Crippen molar-refractivity contribution >= 4 is 81.6 Å². The topological polar surface area (TPSA) is 428 Å². The van der Waals surface area contributed by atoms with Crippen LogP contribution >= 0.6 is 0 Å². The van der Waals surface area contributed by atoms with Crippen molar-refractivity contribution in [1.82, 2.24) is 37.2 Å². The maximum Gasteiger partial charge on any atom is 0.317 e. The smallest absolute Gasteiger partial charge is 0.317 e. The second kappa shape index (κ2) is 24.4. The standard InChI is InChI=1S/C40H58N10O15S/c1-19(2)12-23-34(57)48-24(14-20-6-7-28(51)22(41)13-20)36(59)50-40(9-4-3-5-10-40)39(64)49-26(16-29(42)52)33(56)44-11-8-30(53)46-27(32(43)55)17-66(65)18-31(54)45-25(35(58)47-23)15-21(37(60)61)38(62)63/h6-7,13,19,21,23-27,51H,3-5,8-12,14-18,41H2,1-2H3,(H2,42,52)(H2,43,55)(H,44,56)(H,45,54)(H,46,53)(H,47,58)(H,48,57)(H,49,64)(H,50,59)(H,60,61)(H,62,63)/t23-,24-,25-,26-,27+,66?/m0/s1. The van der Waals surface area contributed by atoms with Gasteiger partial charge >= 0.3 is 11.9 Å². The molecule has 364 valence electrons. The Kier molecular flexibility index (Phi) is 19.8. The number of benzene rings is 1. The number of anilines is 1. The fourth-order valence-corrected chi connectivity index (χ4v) is 8.42. The number of primary amides is 2. The van der Waals surface area contributed by atoms with Crippen LogP contribution in [0.15, 0.2) is 18.2 Å². The third kappa shape index (κ3) is 16.3. The zero-order valence-corrected chi connectivity index (χ0v) is 37.2. The number of nitrogens with one attached hydrogen (secondary N) is 7. The lowest BCUT2D eigenvalue weighted by atomic mass is 9.80. The third-order valence-electron chi connectivity index (χ3n) is 10.7. The highest BCUT2D eigenvalue weighted by Gasteiger charge is 2.44. The van der Waals surface area contributed by atoms with Gasteiger partial charge in [0.2, 0.25) is 53.2 Å². The van der Waals surface area contributed by atoms with Crippen LogP contribution in [-0.4, -0.2) is 138 Å². The predicted molar refractivity (Wildman–Crippen MR) is 231 cm³/mol. The zero-order valence-electron chi connectivity index (χ0n) is 36.3. The van der Waals surface area contributed by atoms with Gasteiger partial charge < -0.3 is 69.7 Å². The Bertz CT molecular complexity index is 2060. The van der Waals surface area contributed by atoms with Crippen LogP contribution in [-0.2, 0) is 70.0 Å². The van der Waals surface area contributed by atoms with Crippen LogP contribution in [0.5, 0.6) is 5.75 Å². The van der Waals surface area contributed by atoms with Gasteiger partial charge in [-0.2, -0.15) is 0 Å². The van der Waals surface area contributed by atoms with E-state index in [1.807, 2.05) is 0 Å². The highest BCUT2D eigenvalue weighted by Crippen LogP contribution is 2.29. The molecule has 1 unspecified atom stereocenters. The Morgan fingerprint density at radius 1 is 0.773 bits per heavy atom. The van der Waals surface area contributed by atoms with Crippen LogP contribution in [0.2, 0.25) is 0 Å². The number of phenolic OH excluding ortho intramolecular Hbond substituents is 1. The minimum atomic E-state index is -2.33. The van der Waals surface area contributed by atoms with Crippen molar-refractivity contribution in [2.45, 2.75) is 114 Å². The summed E-state index contributed by atoms with van der Waals surface area (Å²) in [6.45, 7) is 2.89. The lowest BCUT2D eigenvalue weighted by Gasteiger charge is -2.38. The summed E-state index contributed by atoms with van der Waals surface area (Å²) in [6, 6.07) is -4.41. The summed E-state index contributed by atoms with van der Waals surface area (Å²) < 4.78 is 13.1. The Morgan fingerprint density at radius 2 is 1.38 bits per heavy atom. The average molecular weight is 951 g/mol. The van der Waals surface area contributed by atoms with Crippen molar-refractivity contribution in [3.05, 3.63) is 23.8 Å². The molecule has 2 aliphatic rings. The SMILES string of the molecule is CC(C)C[C@@H]1NC(=O)[C@H](CC(C(=O)O)C(=O)O)NC(=O)CS(=O)C[C@H](C(N)=O)NC(=O)CCNC(=O)[C@H](CC(N)=O)NC(=O)C2(CCCCC2)NC(=O)[C@H](Cc2ccc(O)c(N)c2)NC1=O. The van der Waals surface area contributed by atoms with Gasteiger partial charge in [-0.25, -0.2) is 0 Å².